The number of rotatable bonds is 8. The summed E-state index contributed by atoms with van der Waals surface area (Å²) in [4.78, 5) is 25.0. The van der Waals surface area contributed by atoms with E-state index >= 15 is 0 Å². The van der Waals surface area contributed by atoms with Crippen LogP contribution in [0.25, 0.3) is 11.1 Å². The number of nitrogens with one attached hydrogen (secondary N) is 3. The van der Waals surface area contributed by atoms with Crippen LogP contribution in [0.1, 0.15) is 6.42 Å². The smallest absolute Gasteiger partial charge is 0.319 e. The monoisotopic (exact) mass is 487 g/mol. The highest BCUT2D eigenvalue weighted by Crippen LogP contribution is 2.22. The number of aliphatic hydroxyl groups is 1. The van der Waals surface area contributed by atoms with Crippen molar-refractivity contribution < 1.29 is 24.2 Å². The molecule has 3 atom stereocenters. The average Bonchev–Trinajstić information content (AvgIpc) is 2.90. The number of aliphatic hydroxyl groups excluding tert-OH is 1. The molecule has 0 aliphatic carbocycles. The fraction of sp³-hybridized carbons (Fsp3) is 0.214. The van der Waals surface area contributed by atoms with Gasteiger partial charge in [-0.3, -0.25) is 4.79 Å². The molecule has 0 saturated heterocycles. The van der Waals surface area contributed by atoms with Gasteiger partial charge in [-0.05, 0) is 35.4 Å². The zero-order valence-corrected chi connectivity index (χ0v) is 19.9. The normalized spacial score (nSPS) is 18.8. The summed E-state index contributed by atoms with van der Waals surface area (Å²) in [6.07, 6.45) is 2.33. The van der Waals surface area contributed by atoms with Crippen molar-refractivity contribution in [2.24, 2.45) is 0 Å². The SMILES string of the molecule is COc1cccc(NC(=O)N[C@@H]2C=C[C@H](CC(=O)Nc3ccc(-c4ccccc4)cc3)O[C@H]2CO)c1. The Balaban J connectivity index is 1.29. The van der Waals surface area contributed by atoms with Gasteiger partial charge in [0, 0.05) is 17.4 Å². The van der Waals surface area contributed by atoms with Crippen molar-refractivity contribution >= 4 is 23.3 Å². The van der Waals surface area contributed by atoms with Gasteiger partial charge < -0.3 is 30.5 Å². The van der Waals surface area contributed by atoms with E-state index in [0.717, 1.165) is 11.1 Å². The molecule has 8 heteroatoms. The maximum absolute atomic E-state index is 12.6. The van der Waals surface area contributed by atoms with Crippen LogP contribution >= 0.6 is 0 Å². The molecule has 3 amide bonds. The Morgan fingerprint density at radius 2 is 1.64 bits per heavy atom. The summed E-state index contributed by atoms with van der Waals surface area (Å²) in [5.74, 6) is 0.408. The van der Waals surface area contributed by atoms with Crippen molar-refractivity contribution in [3.8, 4) is 16.9 Å². The molecule has 4 N–H and O–H groups in total. The third kappa shape index (κ3) is 6.71. The molecule has 0 saturated carbocycles. The molecule has 36 heavy (non-hydrogen) atoms. The lowest BCUT2D eigenvalue weighted by molar-refractivity contribution is -0.120. The average molecular weight is 488 g/mol. The molecule has 3 aromatic carbocycles. The number of hydrogen-bond acceptors (Lipinski definition) is 5. The quantitative estimate of drug-likeness (QED) is 0.356. The van der Waals surface area contributed by atoms with Gasteiger partial charge in [0.25, 0.3) is 0 Å². The summed E-state index contributed by atoms with van der Waals surface area (Å²) >= 11 is 0. The van der Waals surface area contributed by atoms with E-state index in [1.54, 1.807) is 43.5 Å². The summed E-state index contributed by atoms with van der Waals surface area (Å²) in [6, 6.07) is 23.6. The van der Waals surface area contributed by atoms with Gasteiger partial charge in [0.2, 0.25) is 5.91 Å². The molecule has 0 unspecified atom stereocenters. The van der Waals surface area contributed by atoms with Gasteiger partial charge in [0.05, 0.1) is 32.3 Å². The minimum absolute atomic E-state index is 0.0795. The Bertz CT molecular complexity index is 1200. The number of hydrogen-bond donors (Lipinski definition) is 4. The second-order valence-corrected chi connectivity index (χ2v) is 8.33. The molecular weight excluding hydrogens is 458 g/mol. The molecule has 1 heterocycles. The van der Waals surface area contributed by atoms with Crippen LogP contribution in [0.2, 0.25) is 0 Å². The molecule has 4 rings (SSSR count). The van der Waals surface area contributed by atoms with Crippen LogP contribution < -0.4 is 20.7 Å². The second kappa shape index (κ2) is 12.0. The van der Waals surface area contributed by atoms with Crippen molar-refractivity contribution in [3.63, 3.8) is 0 Å². The van der Waals surface area contributed by atoms with Gasteiger partial charge in [-0.1, -0.05) is 60.7 Å². The van der Waals surface area contributed by atoms with E-state index in [1.807, 2.05) is 54.6 Å². The van der Waals surface area contributed by atoms with E-state index < -0.39 is 24.3 Å². The molecular formula is C28H29N3O5. The summed E-state index contributed by atoms with van der Waals surface area (Å²) in [6.45, 7) is -0.312. The van der Waals surface area contributed by atoms with Gasteiger partial charge >= 0.3 is 6.03 Å². The maximum Gasteiger partial charge on any atom is 0.319 e. The fourth-order valence-electron chi connectivity index (χ4n) is 3.93. The van der Waals surface area contributed by atoms with Crippen LogP contribution in [0.5, 0.6) is 5.75 Å². The van der Waals surface area contributed by atoms with Gasteiger partial charge in [-0.25, -0.2) is 4.79 Å². The summed E-state index contributed by atoms with van der Waals surface area (Å²) in [5, 5.41) is 18.2. The summed E-state index contributed by atoms with van der Waals surface area (Å²) in [5.41, 5.74) is 3.42. The molecule has 8 nitrogen and oxygen atoms in total. The third-order valence-electron chi connectivity index (χ3n) is 5.75. The third-order valence-corrected chi connectivity index (χ3v) is 5.75. The molecule has 0 spiro atoms. The molecule has 0 radical (unpaired) electrons. The molecule has 0 fully saturated rings. The first kappa shape index (κ1) is 25.0. The van der Waals surface area contributed by atoms with Crippen molar-refractivity contribution in [1.29, 1.82) is 0 Å². The van der Waals surface area contributed by atoms with Crippen molar-refractivity contribution in [2.75, 3.05) is 24.4 Å². The van der Waals surface area contributed by atoms with Crippen LogP contribution in [0.3, 0.4) is 0 Å². The number of carbonyl (C=O) groups is 2. The summed E-state index contributed by atoms with van der Waals surface area (Å²) < 4.78 is 11.0. The lowest BCUT2D eigenvalue weighted by atomic mass is 10.0. The number of ether oxygens (including phenoxy) is 2. The van der Waals surface area contributed by atoms with Crippen LogP contribution in [0.4, 0.5) is 16.2 Å². The lowest BCUT2D eigenvalue weighted by Crippen LogP contribution is -2.50. The molecule has 0 aromatic heterocycles. The Hall–Kier alpha value is -4.14. The predicted molar refractivity (Wildman–Crippen MR) is 139 cm³/mol. The Morgan fingerprint density at radius 3 is 2.36 bits per heavy atom. The largest absolute Gasteiger partial charge is 0.497 e. The minimum atomic E-state index is -0.686. The van der Waals surface area contributed by atoms with Gasteiger partial charge in [0.1, 0.15) is 11.9 Å². The lowest BCUT2D eigenvalue weighted by Gasteiger charge is -2.31. The summed E-state index contributed by atoms with van der Waals surface area (Å²) in [7, 11) is 1.55. The fourth-order valence-corrected chi connectivity index (χ4v) is 3.93. The first-order chi connectivity index (χ1) is 17.5. The van der Waals surface area contributed by atoms with E-state index in [2.05, 4.69) is 16.0 Å². The highest BCUT2D eigenvalue weighted by atomic mass is 16.5. The molecule has 1 aliphatic heterocycles. The first-order valence-electron chi connectivity index (χ1n) is 11.7. The van der Waals surface area contributed by atoms with E-state index in [4.69, 9.17) is 9.47 Å². The zero-order chi connectivity index (χ0) is 25.3. The van der Waals surface area contributed by atoms with Crippen molar-refractivity contribution in [1.82, 2.24) is 5.32 Å². The van der Waals surface area contributed by atoms with Crippen LogP contribution in [0, 0.1) is 0 Å². The zero-order valence-electron chi connectivity index (χ0n) is 19.9. The van der Waals surface area contributed by atoms with E-state index in [1.165, 1.54) is 0 Å². The first-order valence-corrected chi connectivity index (χ1v) is 11.7. The van der Waals surface area contributed by atoms with Crippen molar-refractivity contribution in [3.05, 3.63) is 91.0 Å². The topological polar surface area (TPSA) is 109 Å². The maximum atomic E-state index is 12.6. The molecule has 186 valence electrons. The number of carbonyl (C=O) groups excluding carboxylic acids is 2. The number of methoxy groups -OCH3 is 1. The molecule has 3 aromatic rings. The highest BCUT2D eigenvalue weighted by molar-refractivity contribution is 5.91. The second-order valence-electron chi connectivity index (χ2n) is 8.33. The molecule has 0 bridgehead atoms. The predicted octanol–water partition coefficient (Wildman–Crippen LogP) is 4.20. The highest BCUT2D eigenvalue weighted by Gasteiger charge is 2.29. The number of amides is 3. The Labute approximate surface area is 209 Å². The van der Waals surface area contributed by atoms with Gasteiger partial charge in [0.15, 0.2) is 0 Å². The number of urea groups is 1. The van der Waals surface area contributed by atoms with Crippen molar-refractivity contribution in [2.45, 2.75) is 24.7 Å². The van der Waals surface area contributed by atoms with E-state index in [0.29, 0.717) is 17.1 Å². The van der Waals surface area contributed by atoms with Gasteiger partial charge in [-0.15, -0.1) is 0 Å². The van der Waals surface area contributed by atoms with E-state index in [9.17, 15) is 14.7 Å². The molecule has 1 aliphatic rings. The van der Waals surface area contributed by atoms with Gasteiger partial charge in [-0.2, -0.15) is 0 Å². The van der Waals surface area contributed by atoms with E-state index in [-0.39, 0.29) is 18.9 Å². The van der Waals surface area contributed by atoms with Crippen LogP contribution in [-0.2, 0) is 9.53 Å². The Kier molecular flexibility index (Phi) is 8.33. The number of benzene rings is 3. The van der Waals surface area contributed by atoms with Crippen LogP contribution in [-0.4, -0.2) is 49.0 Å². The standard InChI is InChI=1S/C28H29N3O5/c1-35-23-9-5-8-22(16-23)30-28(34)31-25-15-14-24(36-26(25)18-32)17-27(33)29-21-12-10-20(11-13-21)19-6-3-2-4-7-19/h2-16,24-26,32H,17-18H2,1H3,(H,29,33)(H2,30,31,34)/t24-,25-,26+/m1/s1. The minimum Gasteiger partial charge on any atom is -0.497 e. The number of anilines is 2. The Morgan fingerprint density at radius 1 is 0.889 bits per heavy atom. The van der Waals surface area contributed by atoms with Crippen LogP contribution in [0.15, 0.2) is 91.0 Å².